The van der Waals surface area contributed by atoms with Gasteiger partial charge in [0.05, 0.1) is 5.69 Å². The topological polar surface area (TPSA) is 26.0 Å². The molecule has 0 saturated carbocycles. The van der Waals surface area contributed by atoms with Gasteiger partial charge in [0, 0.05) is 5.57 Å². The summed E-state index contributed by atoms with van der Waals surface area (Å²) in [6.45, 7) is 8.13. The number of nitrogens with zero attached hydrogens (tertiary/aromatic N) is 1. The van der Waals surface area contributed by atoms with E-state index in [0.29, 0.717) is 0 Å². The van der Waals surface area contributed by atoms with Crippen LogP contribution in [0.15, 0.2) is 59.1 Å². The molecule has 0 saturated heterocycles. The van der Waals surface area contributed by atoms with Crippen molar-refractivity contribution in [3.63, 3.8) is 0 Å². The summed E-state index contributed by atoms with van der Waals surface area (Å²) in [5, 5.41) is 0. The number of rotatable bonds is 5. The molecule has 2 aromatic rings. The lowest BCUT2D eigenvalue weighted by atomic mass is 10.1. The Balaban J connectivity index is 0.00000109. The molecule has 1 aromatic carbocycles. The van der Waals surface area contributed by atoms with Crippen molar-refractivity contribution in [1.29, 1.82) is 0 Å². The van der Waals surface area contributed by atoms with Crippen LogP contribution in [0.25, 0.3) is 5.57 Å². The minimum absolute atomic E-state index is 0.732. The van der Waals surface area contributed by atoms with Gasteiger partial charge in [-0.2, -0.15) is 0 Å². The maximum absolute atomic E-state index is 5.86. The van der Waals surface area contributed by atoms with Crippen LogP contribution < -0.4 is 0 Å². The normalized spacial score (nSPS) is 13.0. The van der Waals surface area contributed by atoms with Gasteiger partial charge in [0.1, 0.15) is 5.76 Å². The molecule has 0 N–H and O–H groups in total. The average Bonchev–Trinajstić information content (AvgIpc) is 2.84. The number of aromatic nitrogens is 1. The number of hydrogen-bond acceptors (Lipinski definition) is 2. The van der Waals surface area contributed by atoms with E-state index in [-0.39, 0.29) is 0 Å². The molecule has 1 aromatic heterocycles. The third-order valence-electron chi connectivity index (χ3n) is 4.12. The third kappa shape index (κ3) is 5.60. The second-order valence-electron chi connectivity index (χ2n) is 6.05. The molecule has 1 heterocycles. The summed E-state index contributed by atoms with van der Waals surface area (Å²) in [6, 6.07) is 8.77. The molecule has 1 aliphatic rings. The summed E-state index contributed by atoms with van der Waals surface area (Å²) in [7, 11) is 0. The molecule has 0 radical (unpaired) electrons. The molecule has 3 rings (SSSR count). The van der Waals surface area contributed by atoms with E-state index in [1.165, 1.54) is 11.1 Å². The van der Waals surface area contributed by atoms with Crippen LogP contribution in [0, 0.1) is 13.8 Å². The van der Waals surface area contributed by atoms with Crippen molar-refractivity contribution in [2.24, 2.45) is 0 Å². The first-order valence-corrected chi connectivity index (χ1v) is 9.28. The first kappa shape index (κ1) is 19.0. The Morgan fingerprint density at radius 2 is 1.76 bits per heavy atom. The van der Waals surface area contributed by atoms with Gasteiger partial charge >= 0.3 is 0 Å². The predicted molar refractivity (Wildman–Crippen MR) is 107 cm³/mol. The molecule has 0 amide bonds. The largest absolute Gasteiger partial charge is 0.441 e. The minimum atomic E-state index is 0.732. The van der Waals surface area contributed by atoms with E-state index in [1.807, 2.05) is 20.8 Å². The molecule has 0 spiro atoms. The molecule has 2 nitrogen and oxygen atoms in total. The van der Waals surface area contributed by atoms with Crippen molar-refractivity contribution in [2.75, 3.05) is 0 Å². The lowest BCUT2D eigenvalue weighted by Crippen LogP contribution is -1.93. The van der Waals surface area contributed by atoms with Crippen molar-refractivity contribution in [2.45, 2.75) is 53.4 Å². The van der Waals surface area contributed by atoms with Crippen LogP contribution in [0.5, 0.6) is 0 Å². The van der Waals surface area contributed by atoms with Crippen LogP contribution in [0.4, 0.5) is 0 Å². The summed E-state index contributed by atoms with van der Waals surface area (Å²) >= 11 is 0. The summed E-state index contributed by atoms with van der Waals surface area (Å²) < 4.78 is 5.86. The molecule has 132 valence electrons. The van der Waals surface area contributed by atoms with E-state index in [2.05, 4.69) is 61.6 Å². The first-order chi connectivity index (χ1) is 12.2. The number of hydrogen-bond donors (Lipinski definition) is 0. The fourth-order valence-electron chi connectivity index (χ4n) is 2.72. The number of aryl methyl sites for hydroxylation is 4. The standard InChI is InChI=1S/C21H23NO.C2H6/c1-16-12-14-18(15-13-16)8-7-11-20-17(2)23-21(22-20)19-9-5-3-4-6-10-19;1-2/h3,5-6,9-10,12-15H,4,7-8,11H2,1-2H3;1-2H3. The SMILES string of the molecule is CC.Cc1ccc(CCCc2nc(C3=CC=CCC=C3)oc2C)cc1. The molecule has 2 heteroatoms. The monoisotopic (exact) mass is 335 g/mol. The van der Waals surface area contributed by atoms with Gasteiger partial charge in [-0.15, -0.1) is 0 Å². The molecule has 0 aliphatic heterocycles. The maximum atomic E-state index is 5.86. The van der Waals surface area contributed by atoms with E-state index in [0.717, 1.165) is 48.6 Å². The molecular formula is C23H29NO. The molecule has 25 heavy (non-hydrogen) atoms. The van der Waals surface area contributed by atoms with E-state index in [1.54, 1.807) is 0 Å². The Hall–Kier alpha value is -2.35. The van der Waals surface area contributed by atoms with Crippen molar-refractivity contribution < 1.29 is 4.42 Å². The highest BCUT2D eigenvalue weighted by atomic mass is 16.4. The summed E-state index contributed by atoms with van der Waals surface area (Å²) in [6.07, 6.45) is 14.5. The van der Waals surface area contributed by atoms with Gasteiger partial charge in [-0.05, 0) is 51.2 Å². The lowest BCUT2D eigenvalue weighted by Gasteiger charge is -2.01. The fourth-order valence-corrected chi connectivity index (χ4v) is 2.72. The van der Waals surface area contributed by atoms with Gasteiger partial charge in [-0.25, -0.2) is 4.98 Å². The zero-order valence-corrected chi connectivity index (χ0v) is 15.9. The van der Waals surface area contributed by atoms with Crippen molar-refractivity contribution in [3.8, 4) is 0 Å². The van der Waals surface area contributed by atoms with Crippen LogP contribution in [-0.4, -0.2) is 4.98 Å². The van der Waals surface area contributed by atoms with Crippen LogP contribution in [0.3, 0.4) is 0 Å². The average molecular weight is 335 g/mol. The highest BCUT2D eigenvalue weighted by Crippen LogP contribution is 2.22. The minimum Gasteiger partial charge on any atom is -0.441 e. The molecule has 0 atom stereocenters. The Labute approximate surface area is 152 Å². The molecular weight excluding hydrogens is 306 g/mol. The highest BCUT2D eigenvalue weighted by Gasteiger charge is 2.12. The second-order valence-corrected chi connectivity index (χ2v) is 6.05. The third-order valence-corrected chi connectivity index (χ3v) is 4.12. The Kier molecular flexibility index (Phi) is 7.46. The van der Waals surface area contributed by atoms with Gasteiger partial charge in [-0.3, -0.25) is 0 Å². The summed E-state index contributed by atoms with van der Waals surface area (Å²) in [5.41, 5.74) is 4.82. The van der Waals surface area contributed by atoms with Crippen LogP contribution in [0.2, 0.25) is 0 Å². The van der Waals surface area contributed by atoms with Gasteiger partial charge in [0.2, 0.25) is 5.89 Å². The quantitative estimate of drug-likeness (QED) is 0.632. The van der Waals surface area contributed by atoms with Crippen molar-refractivity contribution in [3.05, 3.63) is 83.1 Å². The Morgan fingerprint density at radius 3 is 2.52 bits per heavy atom. The zero-order chi connectivity index (χ0) is 18.1. The summed E-state index contributed by atoms with van der Waals surface area (Å²) in [5.74, 6) is 1.67. The van der Waals surface area contributed by atoms with Gasteiger partial charge in [0.15, 0.2) is 0 Å². The van der Waals surface area contributed by atoms with E-state index >= 15 is 0 Å². The molecule has 0 unspecified atom stereocenters. The predicted octanol–water partition coefficient (Wildman–Crippen LogP) is 6.39. The second kappa shape index (κ2) is 9.83. The zero-order valence-electron chi connectivity index (χ0n) is 15.9. The van der Waals surface area contributed by atoms with Gasteiger partial charge in [0.25, 0.3) is 0 Å². The van der Waals surface area contributed by atoms with Gasteiger partial charge in [-0.1, -0.05) is 68.0 Å². The molecule has 0 bridgehead atoms. The van der Waals surface area contributed by atoms with E-state index < -0.39 is 0 Å². The van der Waals surface area contributed by atoms with Crippen molar-refractivity contribution in [1.82, 2.24) is 4.98 Å². The van der Waals surface area contributed by atoms with E-state index in [4.69, 9.17) is 9.40 Å². The summed E-state index contributed by atoms with van der Waals surface area (Å²) in [4.78, 5) is 4.70. The van der Waals surface area contributed by atoms with Gasteiger partial charge < -0.3 is 4.42 Å². The van der Waals surface area contributed by atoms with Crippen molar-refractivity contribution >= 4 is 5.57 Å². The van der Waals surface area contributed by atoms with Crippen LogP contribution in [-0.2, 0) is 12.8 Å². The smallest absolute Gasteiger partial charge is 0.226 e. The number of benzene rings is 1. The highest BCUT2D eigenvalue weighted by molar-refractivity contribution is 5.70. The fraction of sp³-hybridized carbons (Fsp3) is 0.348. The van der Waals surface area contributed by atoms with Crippen LogP contribution >= 0.6 is 0 Å². The van der Waals surface area contributed by atoms with Crippen LogP contribution in [0.1, 0.15) is 55.2 Å². The first-order valence-electron chi connectivity index (χ1n) is 9.28. The molecule has 0 fully saturated rings. The number of allylic oxidation sites excluding steroid dienone is 6. The molecule has 1 aliphatic carbocycles. The van der Waals surface area contributed by atoms with E-state index in [9.17, 15) is 0 Å². The Morgan fingerprint density at radius 1 is 1.00 bits per heavy atom. The maximum Gasteiger partial charge on any atom is 0.226 e. The Bertz CT molecular complexity index is 745. The lowest BCUT2D eigenvalue weighted by molar-refractivity contribution is 0.511. The number of oxazole rings is 1.